The summed E-state index contributed by atoms with van der Waals surface area (Å²) < 4.78 is 23.2. The van der Waals surface area contributed by atoms with Crippen molar-refractivity contribution in [3.8, 4) is 0 Å². The van der Waals surface area contributed by atoms with Crippen LogP contribution in [-0.2, 0) is 14.6 Å². The molecule has 2 heterocycles. The number of hydrogen-bond donors (Lipinski definition) is 1. The lowest BCUT2D eigenvalue weighted by Gasteiger charge is -2.40. The maximum atomic E-state index is 11.9. The predicted molar refractivity (Wildman–Crippen MR) is 69.6 cm³/mol. The second kappa shape index (κ2) is 3.71. The standard InChI is InChI=1S/C12H14N2O3S/c1-8-2-3-9-10(6-8)14-4-5-18(16,17)7-11(14)12(15)13-9/h2-3,6,11H,4-5,7H2,1H3,(H,13,15). The number of rotatable bonds is 0. The highest BCUT2D eigenvalue weighted by atomic mass is 32.2. The molecule has 1 fully saturated rings. The van der Waals surface area contributed by atoms with Gasteiger partial charge in [-0.2, -0.15) is 0 Å². The zero-order chi connectivity index (χ0) is 12.9. The average molecular weight is 266 g/mol. The Bertz CT molecular complexity index is 624. The predicted octanol–water partition coefficient (Wildman–Crippen LogP) is 0.551. The molecule has 1 amide bonds. The molecule has 0 spiro atoms. The normalized spacial score (nSPS) is 25.1. The number of hydrogen-bond acceptors (Lipinski definition) is 4. The van der Waals surface area contributed by atoms with Crippen molar-refractivity contribution < 1.29 is 13.2 Å². The molecule has 2 aliphatic heterocycles. The molecule has 6 heteroatoms. The fourth-order valence-corrected chi connectivity index (χ4v) is 3.97. The van der Waals surface area contributed by atoms with Gasteiger partial charge >= 0.3 is 0 Å². The molecule has 1 unspecified atom stereocenters. The van der Waals surface area contributed by atoms with Crippen LogP contribution in [0.2, 0.25) is 0 Å². The SMILES string of the molecule is Cc1ccc2c(c1)N1CCS(=O)(=O)CC1C(=O)N2. The number of anilines is 2. The number of benzene rings is 1. The smallest absolute Gasteiger partial charge is 0.248 e. The van der Waals surface area contributed by atoms with Crippen molar-refractivity contribution in [2.75, 3.05) is 28.3 Å². The molecular weight excluding hydrogens is 252 g/mol. The summed E-state index contributed by atoms with van der Waals surface area (Å²) in [6, 6.07) is 5.19. The van der Waals surface area contributed by atoms with E-state index in [0.717, 1.165) is 16.9 Å². The van der Waals surface area contributed by atoms with Gasteiger partial charge in [-0.1, -0.05) is 6.07 Å². The zero-order valence-corrected chi connectivity index (χ0v) is 10.8. The molecular formula is C12H14N2O3S. The first-order valence-corrected chi connectivity index (χ1v) is 7.67. The Morgan fingerprint density at radius 2 is 2.17 bits per heavy atom. The van der Waals surface area contributed by atoms with E-state index < -0.39 is 15.9 Å². The molecule has 96 valence electrons. The third-order valence-corrected chi connectivity index (χ3v) is 5.08. The molecule has 1 atom stereocenters. The third-order valence-electron chi connectivity index (χ3n) is 3.45. The lowest BCUT2D eigenvalue weighted by molar-refractivity contribution is -0.117. The van der Waals surface area contributed by atoms with Gasteiger partial charge in [-0.25, -0.2) is 8.42 Å². The summed E-state index contributed by atoms with van der Waals surface area (Å²) in [6.07, 6.45) is 0. The van der Waals surface area contributed by atoms with Gasteiger partial charge in [0.25, 0.3) is 0 Å². The van der Waals surface area contributed by atoms with Crippen molar-refractivity contribution in [3.63, 3.8) is 0 Å². The first-order valence-electron chi connectivity index (χ1n) is 5.85. The molecule has 3 rings (SSSR count). The van der Waals surface area contributed by atoms with Gasteiger partial charge in [-0.05, 0) is 24.6 Å². The summed E-state index contributed by atoms with van der Waals surface area (Å²) in [6.45, 7) is 2.36. The van der Waals surface area contributed by atoms with Crippen molar-refractivity contribution >= 4 is 27.1 Å². The molecule has 0 aliphatic carbocycles. The zero-order valence-electron chi connectivity index (χ0n) is 10.0. The minimum Gasteiger partial charge on any atom is -0.356 e. The maximum absolute atomic E-state index is 11.9. The highest BCUT2D eigenvalue weighted by Gasteiger charge is 2.39. The van der Waals surface area contributed by atoms with E-state index in [0.29, 0.717) is 6.54 Å². The van der Waals surface area contributed by atoms with Crippen molar-refractivity contribution in [2.24, 2.45) is 0 Å². The van der Waals surface area contributed by atoms with E-state index in [1.165, 1.54) is 0 Å². The Labute approximate surface area is 106 Å². The Hall–Kier alpha value is -1.56. The van der Waals surface area contributed by atoms with Crippen molar-refractivity contribution in [2.45, 2.75) is 13.0 Å². The van der Waals surface area contributed by atoms with Crippen LogP contribution in [0, 0.1) is 6.92 Å². The van der Waals surface area contributed by atoms with Crippen LogP contribution in [0.25, 0.3) is 0 Å². The minimum atomic E-state index is -3.10. The number of nitrogens with zero attached hydrogens (tertiary/aromatic N) is 1. The van der Waals surface area contributed by atoms with Crippen molar-refractivity contribution in [1.82, 2.24) is 0 Å². The molecule has 0 bridgehead atoms. The van der Waals surface area contributed by atoms with Crippen LogP contribution in [0.5, 0.6) is 0 Å². The van der Waals surface area contributed by atoms with Crippen LogP contribution in [0.3, 0.4) is 0 Å². The van der Waals surface area contributed by atoms with E-state index in [-0.39, 0.29) is 17.4 Å². The first-order chi connectivity index (χ1) is 8.46. The van der Waals surface area contributed by atoms with Crippen LogP contribution in [-0.4, -0.2) is 38.4 Å². The maximum Gasteiger partial charge on any atom is 0.248 e. The van der Waals surface area contributed by atoms with Crippen LogP contribution < -0.4 is 10.2 Å². The van der Waals surface area contributed by atoms with Gasteiger partial charge < -0.3 is 10.2 Å². The summed E-state index contributed by atoms with van der Waals surface area (Å²) >= 11 is 0. The van der Waals surface area contributed by atoms with Crippen LogP contribution in [0.1, 0.15) is 5.56 Å². The van der Waals surface area contributed by atoms with Gasteiger partial charge in [0, 0.05) is 6.54 Å². The van der Waals surface area contributed by atoms with Crippen LogP contribution >= 0.6 is 0 Å². The summed E-state index contributed by atoms with van der Waals surface area (Å²) in [5.41, 5.74) is 2.78. The Kier molecular flexibility index (Phi) is 2.38. The molecule has 0 saturated carbocycles. The summed E-state index contributed by atoms with van der Waals surface area (Å²) in [5, 5.41) is 2.78. The molecule has 2 aliphatic rings. The first kappa shape index (κ1) is 11.5. The molecule has 0 radical (unpaired) electrons. The second-order valence-electron chi connectivity index (χ2n) is 4.83. The van der Waals surface area contributed by atoms with Gasteiger partial charge in [0.1, 0.15) is 6.04 Å². The Morgan fingerprint density at radius 1 is 1.39 bits per heavy atom. The number of nitrogens with one attached hydrogen (secondary N) is 1. The molecule has 1 N–H and O–H groups in total. The third kappa shape index (κ3) is 1.77. The number of aryl methyl sites for hydroxylation is 1. The summed E-state index contributed by atoms with van der Waals surface area (Å²) in [7, 11) is -3.10. The van der Waals surface area contributed by atoms with Crippen LogP contribution in [0.15, 0.2) is 18.2 Å². The van der Waals surface area contributed by atoms with Gasteiger partial charge in [0.15, 0.2) is 9.84 Å². The monoisotopic (exact) mass is 266 g/mol. The number of carbonyl (C=O) groups excluding carboxylic acids is 1. The molecule has 5 nitrogen and oxygen atoms in total. The lowest BCUT2D eigenvalue weighted by Crippen LogP contribution is -2.56. The molecule has 1 aromatic carbocycles. The summed E-state index contributed by atoms with van der Waals surface area (Å²) in [5.74, 6) is -0.203. The second-order valence-corrected chi connectivity index (χ2v) is 7.06. The average Bonchev–Trinajstić information content (AvgIpc) is 2.29. The van der Waals surface area contributed by atoms with E-state index >= 15 is 0 Å². The fraction of sp³-hybridized carbons (Fsp3) is 0.417. The van der Waals surface area contributed by atoms with E-state index in [1.54, 1.807) is 0 Å². The molecule has 0 aromatic heterocycles. The number of amides is 1. The van der Waals surface area contributed by atoms with E-state index in [1.807, 2.05) is 30.0 Å². The lowest BCUT2D eigenvalue weighted by atomic mass is 10.1. The van der Waals surface area contributed by atoms with E-state index in [2.05, 4.69) is 5.32 Å². The van der Waals surface area contributed by atoms with Gasteiger partial charge in [0.2, 0.25) is 5.91 Å². The fourth-order valence-electron chi connectivity index (χ4n) is 2.51. The van der Waals surface area contributed by atoms with Crippen molar-refractivity contribution in [3.05, 3.63) is 23.8 Å². The number of sulfone groups is 1. The van der Waals surface area contributed by atoms with E-state index in [4.69, 9.17) is 0 Å². The highest BCUT2D eigenvalue weighted by Crippen LogP contribution is 2.34. The number of carbonyl (C=O) groups is 1. The quantitative estimate of drug-likeness (QED) is 0.744. The number of fused-ring (bicyclic) bond motifs is 3. The largest absolute Gasteiger partial charge is 0.356 e. The van der Waals surface area contributed by atoms with Gasteiger partial charge in [-0.15, -0.1) is 0 Å². The molecule has 1 saturated heterocycles. The van der Waals surface area contributed by atoms with E-state index in [9.17, 15) is 13.2 Å². The summed E-state index contributed by atoms with van der Waals surface area (Å²) in [4.78, 5) is 13.9. The van der Waals surface area contributed by atoms with Gasteiger partial charge in [-0.3, -0.25) is 4.79 Å². The van der Waals surface area contributed by atoms with Gasteiger partial charge in [0.05, 0.1) is 22.9 Å². The molecule has 1 aromatic rings. The molecule has 18 heavy (non-hydrogen) atoms. The topological polar surface area (TPSA) is 66.5 Å². The Morgan fingerprint density at radius 3 is 2.94 bits per heavy atom. The van der Waals surface area contributed by atoms with Crippen LogP contribution in [0.4, 0.5) is 11.4 Å². The van der Waals surface area contributed by atoms with Crippen molar-refractivity contribution in [1.29, 1.82) is 0 Å². The Balaban J connectivity index is 2.07. The highest BCUT2D eigenvalue weighted by molar-refractivity contribution is 7.91. The minimum absolute atomic E-state index is 0.0911.